The molecule has 0 radical (unpaired) electrons. The fraction of sp³-hybridized carbons (Fsp3) is 0.381. The molecule has 3 rings (SSSR count). The van der Waals surface area contributed by atoms with Crippen LogP contribution in [0.5, 0.6) is 5.75 Å². The van der Waals surface area contributed by atoms with E-state index in [9.17, 15) is 9.18 Å². The van der Waals surface area contributed by atoms with Crippen LogP contribution in [0.25, 0.3) is 0 Å². The molecule has 1 atom stereocenters. The molecule has 0 spiro atoms. The standard InChI is InChI=1S/C21H25FN2O2/c1-15-4-5-16(2)20(14-15)26-17(3)21(25)24-12-10-23(11-13-24)19-8-6-18(22)7-9-19/h4-9,14,17H,10-13H2,1-3H3. The summed E-state index contributed by atoms with van der Waals surface area (Å²) in [6, 6.07) is 12.5. The van der Waals surface area contributed by atoms with Crippen molar-refractivity contribution in [1.29, 1.82) is 0 Å². The van der Waals surface area contributed by atoms with Crippen LogP contribution in [0, 0.1) is 19.7 Å². The van der Waals surface area contributed by atoms with E-state index in [1.165, 1.54) is 12.1 Å². The number of carbonyl (C=O) groups is 1. The Balaban J connectivity index is 1.57. The second-order valence-corrected chi connectivity index (χ2v) is 6.82. The predicted molar refractivity (Wildman–Crippen MR) is 101 cm³/mol. The largest absolute Gasteiger partial charge is 0.481 e. The third-order valence-corrected chi connectivity index (χ3v) is 4.78. The molecule has 26 heavy (non-hydrogen) atoms. The number of carbonyl (C=O) groups excluding carboxylic acids is 1. The number of benzene rings is 2. The minimum Gasteiger partial charge on any atom is -0.481 e. The molecule has 1 fully saturated rings. The van der Waals surface area contributed by atoms with Crippen molar-refractivity contribution in [1.82, 2.24) is 4.90 Å². The topological polar surface area (TPSA) is 32.8 Å². The summed E-state index contributed by atoms with van der Waals surface area (Å²) in [6.45, 7) is 8.52. The number of hydrogen-bond donors (Lipinski definition) is 0. The van der Waals surface area contributed by atoms with Crippen LogP contribution < -0.4 is 9.64 Å². The van der Waals surface area contributed by atoms with Crippen LogP contribution in [-0.4, -0.2) is 43.1 Å². The van der Waals surface area contributed by atoms with Crippen LogP contribution in [0.2, 0.25) is 0 Å². The van der Waals surface area contributed by atoms with Crippen molar-refractivity contribution >= 4 is 11.6 Å². The SMILES string of the molecule is Cc1ccc(C)c(OC(C)C(=O)N2CCN(c3ccc(F)cc3)CC2)c1. The molecule has 1 aliphatic heterocycles. The second-order valence-electron chi connectivity index (χ2n) is 6.82. The quantitative estimate of drug-likeness (QED) is 0.840. The third-order valence-electron chi connectivity index (χ3n) is 4.78. The number of nitrogens with zero attached hydrogens (tertiary/aromatic N) is 2. The molecule has 138 valence electrons. The van der Waals surface area contributed by atoms with Crippen LogP contribution in [0.15, 0.2) is 42.5 Å². The summed E-state index contributed by atoms with van der Waals surface area (Å²) in [5, 5.41) is 0. The maximum atomic E-state index is 13.1. The van der Waals surface area contributed by atoms with E-state index in [0.29, 0.717) is 13.1 Å². The van der Waals surface area contributed by atoms with Crippen molar-refractivity contribution in [2.45, 2.75) is 26.9 Å². The van der Waals surface area contributed by atoms with Crippen LogP contribution in [0.3, 0.4) is 0 Å². The van der Waals surface area contributed by atoms with Gasteiger partial charge in [0.2, 0.25) is 0 Å². The molecular formula is C21H25FN2O2. The maximum Gasteiger partial charge on any atom is 0.263 e. The molecule has 1 saturated heterocycles. The Morgan fingerprint density at radius 1 is 1.04 bits per heavy atom. The van der Waals surface area contributed by atoms with Gasteiger partial charge in [-0.05, 0) is 62.2 Å². The molecule has 4 nitrogen and oxygen atoms in total. The summed E-state index contributed by atoms with van der Waals surface area (Å²) in [5.41, 5.74) is 3.12. The molecule has 1 aliphatic rings. The van der Waals surface area contributed by atoms with Gasteiger partial charge in [0.25, 0.3) is 5.91 Å². The van der Waals surface area contributed by atoms with Gasteiger partial charge in [-0.15, -0.1) is 0 Å². The summed E-state index contributed by atoms with van der Waals surface area (Å²) in [6.07, 6.45) is -0.520. The molecule has 0 bridgehead atoms. The van der Waals surface area contributed by atoms with Gasteiger partial charge in [-0.3, -0.25) is 4.79 Å². The van der Waals surface area contributed by atoms with Crippen LogP contribution in [0.4, 0.5) is 10.1 Å². The second kappa shape index (κ2) is 7.77. The molecule has 0 aromatic heterocycles. The first-order valence-corrected chi connectivity index (χ1v) is 8.97. The fourth-order valence-electron chi connectivity index (χ4n) is 3.17. The van der Waals surface area contributed by atoms with E-state index in [2.05, 4.69) is 4.90 Å². The number of halogens is 1. The summed E-state index contributed by atoms with van der Waals surface area (Å²) < 4.78 is 19.0. The lowest BCUT2D eigenvalue weighted by molar-refractivity contribution is -0.138. The number of anilines is 1. The van der Waals surface area contributed by atoms with Crippen molar-refractivity contribution in [2.75, 3.05) is 31.1 Å². The third kappa shape index (κ3) is 4.15. The predicted octanol–water partition coefficient (Wildman–Crippen LogP) is 3.56. The summed E-state index contributed by atoms with van der Waals surface area (Å²) in [5.74, 6) is 0.528. The Hall–Kier alpha value is -2.56. The highest BCUT2D eigenvalue weighted by Crippen LogP contribution is 2.22. The van der Waals surface area contributed by atoms with Crippen molar-refractivity contribution < 1.29 is 13.9 Å². The summed E-state index contributed by atoms with van der Waals surface area (Å²) >= 11 is 0. The molecule has 0 saturated carbocycles. The van der Waals surface area contributed by atoms with Gasteiger partial charge in [0.05, 0.1) is 0 Å². The normalized spacial score (nSPS) is 15.7. The minimum atomic E-state index is -0.520. The van der Waals surface area contributed by atoms with Gasteiger partial charge >= 0.3 is 0 Å². The molecule has 2 aromatic rings. The van der Waals surface area contributed by atoms with Crippen LogP contribution in [-0.2, 0) is 4.79 Å². The van der Waals surface area contributed by atoms with E-state index in [1.54, 1.807) is 19.1 Å². The average Bonchev–Trinajstić information content (AvgIpc) is 2.65. The Labute approximate surface area is 154 Å². The smallest absolute Gasteiger partial charge is 0.263 e. The molecule has 0 N–H and O–H groups in total. The van der Waals surface area contributed by atoms with Gasteiger partial charge in [0, 0.05) is 31.9 Å². The molecule has 0 aliphatic carbocycles. The average molecular weight is 356 g/mol. The number of ether oxygens (including phenoxy) is 1. The van der Waals surface area contributed by atoms with Gasteiger partial charge in [-0.2, -0.15) is 0 Å². The molecule has 2 aromatic carbocycles. The van der Waals surface area contributed by atoms with Gasteiger partial charge in [0.15, 0.2) is 6.10 Å². The van der Waals surface area contributed by atoms with Crippen molar-refractivity contribution in [2.24, 2.45) is 0 Å². The zero-order chi connectivity index (χ0) is 18.7. The Morgan fingerprint density at radius 2 is 1.69 bits per heavy atom. The number of rotatable bonds is 4. The molecule has 1 heterocycles. The lowest BCUT2D eigenvalue weighted by atomic mass is 10.1. The number of piperazine rings is 1. The van der Waals surface area contributed by atoms with E-state index in [4.69, 9.17) is 4.74 Å². The number of hydrogen-bond acceptors (Lipinski definition) is 3. The first-order chi connectivity index (χ1) is 12.4. The molecule has 1 unspecified atom stereocenters. The molecule has 1 amide bonds. The van der Waals surface area contributed by atoms with Gasteiger partial charge in [-0.25, -0.2) is 4.39 Å². The highest BCUT2D eigenvalue weighted by atomic mass is 19.1. The summed E-state index contributed by atoms with van der Waals surface area (Å²) in [4.78, 5) is 16.7. The zero-order valence-electron chi connectivity index (χ0n) is 15.5. The highest BCUT2D eigenvalue weighted by Gasteiger charge is 2.26. The van der Waals surface area contributed by atoms with E-state index >= 15 is 0 Å². The number of amides is 1. The summed E-state index contributed by atoms with van der Waals surface area (Å²) in [7, 11) is 0. The van der Waals surface area contributed by atoms with Crippen molar-refractivity contribution in [3.63, 3.8) is 0 Å². The lowest BCUT2D eigenvalue weighted by Gasteiger charge is -2.37. The maximum absolute atomic E-state index is 13.1. The van der Waals surface area contributed by atoms with Crippen LogP contribution >= 0.6 is 0 Å². The lowest BCUT2D eigenvalue weighted by Crippen LogP contribution is -2.52. The molecule has 5 heteroatoms. The van der Waals surface area contributed by atoms with E-state index in [-0.39, 0.29) is 11.7 Å². The first kappa shape index (κ1) is 18.2. The highest BCUT2D eigenvalue weighted by molar-refractivity contribution is 5.81. The Bertz CT molecular complexity index is 768. The Morgan fingerprint density at radius 3 is 2.35 bits per heavy atom. The van der Waals surface area contributed by atoms with Crippen molar-refractivity contribution in [3.8, 4) is 5.75 Å². The van der Waals surface area contributed by atoms with Gasteiger partial charge in [0.1, 0.15) is 11.6 Å². The fourth-order valence-corrected chi connectivity index (χ4v) is 3.17. The zero-order valence-corrected chi connectivity index (χ0v) is 15.5. The van der Waals surface area contributed by atoms with E-state index in [0.717, 1.165) is 35.7 Å². The van der Waals surface area contributed by atoms with Crippen LogP contribution in [0.1, 0.15) is 18.1 Å². The first-order valence-electron chi connectivity index (χ1n) is 8.97. The Kier molecular flexibility index (Phi) is 5.45. The monoisotopic (exact) mass is 356 g/mol. The number of aryl methyl sites for hydroxylation is 2. The van der Waals surface area contributed by atoms with E-state index < -0.39 is 6.10 Å². The van der Waals surface area contributed by atoms with Gasteiger partial charge < -0.3 is 14.5 Å². The molecular weight excluding hydrogens is 331 g/mol. The van der Waals surface area contributed by atoms with Gasteiger partial charge in [-0.1, -0.05) is 12.1 Å². The minimum absolute atomic E-state index is 0.00432. The van der Waals surface area contributed by atoms with E-state index in [1.807, 2.05) is 36.9 Å². The van der Waals surface area contributed by atoms with Crippen molar-refractivity contribution in [3.05, 3.63) is 59.4 Å².